The van der Waals surface area contributed by atoms with Crippen molar-refractivity contribution in [2.45, 2.75) is 44.0 Å². The van der Waals surface area contributed by atoms with Crippen molar-refractivity contribution >= 4 is 27.6 Å². The molecule has 1 heterocycles. The van der Waals surface area contributed by atoms with E-state index in [2.05, 4.69) is 5.32 Å². The second-order valence-electron chi connectivity index (χ2n) is 7.80. The molecule has 1 N–H and O–H groups in total. The summed E-state index contributed by atoms with van der Waals surface area (Å²) in [6.07, 6.45) is -1.57. The van der Waals surface area contributed by atoms with Gasteiger partial charge in [-0.15, -0.1) is 0 Å². The van der Waals surface area contributed by atoms with Crippen LogP contribution in [-0.4, -0.2) is 56.0 Å². The van der Waals surface area contributed by atoms with Gasteiger partial charge in [-0.25, -0.2) is 13.2 Å². The van der Waals surface area contributed by atoms with Crippen LogP contribution in [0.5, 0.6) is 0 Å². The summed E-state index contributed by atoms with van der Waals surface area (Å²) in [5.74, 6) is -1.37. The van der Waals surface area contributed by atoms with Crippen molar-refractivity contribution in [1.82, 2.24) is 4.31 Å². The third-order valence-corrected chi connectivity index (χ3v) is 6.92. The predicted octanol–water partition coefficient (Wildman–Crippen LogP) is 2.54. The number of carbonyl (C=O) groups excluding carboxylic acids is 2. The number of para-hydroxylation sites is 1. The minimum Gasteiger partial charge on any atom is -0.449 e. The first-order valence-electron chi connectivity index (χ1n) is 10.4. The van der Waals surface area contributed by atoms with Crippen molar-refractivity contribution < 1.29 is 27.5 Å². The first-order valence-corrected chi connectivity index (χ1v) is 11.8. The number of carbonyl (C=O) groups is 2. The molecule has 1 fully saturated rings. The maximum Gasteiger partial charge on any atom is 0.338 e. The third-order valence-electron chi connectivity index (χ3n) is 5.07. The van der Waals surface area contributed by atoms with Gasteiger partial charge in [-0.05, 0) is 57.2 Å². The molecule has 0 radical (unpaired) electrons. The molecule has 0 saturated carbocycles. The molecule has 3 atom stereocenters. The lowest BCUT2D eigenvalue weighted by Gasteiger charge is -2.34. The van der Waals surface area contributed by atoms with Crippen molar-refractivity contribution in [3.8, 4) is 6.07 Å². The van der Waals surface area contributed by atoms with Gasteiger partial charge in [-0.2, -0.15) is 9.57 Å². The van der Waals surface area contributed by atoms with Crippen molar-refractivity contribution in [2.24, 2.45) is 0 Å². The molecule has 0 aliphatic carbocycles. The number of rotatable bonds is 6. The van der Waals surface area contributed by atoms with Gasteiger partial charge in [0, 0.05) is 13.1 Å². The summed E-state index contributed by atoms with van der Waals surface area (Å²) >= 11 is 0. The van der Waals surface area contributed by atoms with E-state index in [4.69, 9.17) is 14.7 Å². The molecule has 1 amide bonds. The van der Waals surface area contributed by atoms with E-state index in [1.54, 1.807) is 24.3 Å². The molecule has 174 valence electrons. The number of nitrogens with one attached hydrogen (secondary N) is 1. The molecule has 10 heteroatoms. The summed E-state index contributed by atoms with van der Waals surface area (Å²) in [6.45, 7) is 5.53. The van der Waals surface area contributed by atoms with Crippen LogP contribution in [0.25, 0.3) is 0 Å². The topological polar surface area (TPSA) is 126 Å². The van der Waals surface area contributed by atoms with Gasteiger partial charge in [-0.1, -0.05) is 12.1 Å². The van der Waals surface area contributed by atoms with Crippen LogP contribution in [-0.2, 0) is 24.3 Å². The molecule has 33 heavy (non-hydrogen) atoms. The van der Waals surface area contributed by atoms with Crippen LogP contribution in [0.1, 0.15) is 36.7 Å². The number of nitrogens with zero attached hydrogens (tertiary/aromatic N) is 2. The van der Waals surface area contributed by atoms with Gasteiger partial charge in [0.25, 0.3) is 5.91 Å². The maximum absolute atomic E-state index is 12.9. The number of ether oxygens (including phenoxy) is 2. The first kappa shape index (κ1) is 24.4. The second kappa shape index (κ2) is 10.1. The van der Waals surface area contributed by atoms with Gasteiger partial charge in [0.05, 0.1) is 33.9 Å². The zero-order valence-corrected chi connectivity index (χ0v) is 19.3. The molecule has 0 spiro atoms. The number of benzene rings is 2. The molecule has 2 aromatic carbocycles. The van der Waals surface area contributed by atoms with Crippen LogP contribution in [0, 0.1) is 11.3 Å². The molecule has 9 nitrogen and oxygen atoms in total. The molecular weight excluding hydrogens is 446 g/mol. The van der Waals surface area contributed by atoms with Gasteiger partial charge in [0.1, 0.15) is 6.07 Å². The fourth-order valence-electron chi connectivity index (χ4n) is 3.45. The van der Waals surface area contributed by atoms with Crippen molar-refractivity contribution in [3.63, 3.8) is 0 Å². The van der Waals surface area contributed by atoms with Crippen LogP contribution < -0.4 is 5.32 Å². The van der Waals surface area contributed by atoms with Crippen LogP contribution in [0.4, 0.5) is 5.69 Å². The van der Waals surface area contributed by atoms with E-state index in [9.17, 15) is 18.0 Å². The van der Waals surface area contributed by atoms with E-state index >= 15 is 0 Å². The lowest BCUT2D eigenvalue weighted by atomic mass is 10.2. The Morgan fingerprint density at radius 1 is 1.12 bits per heavy atom. The number of morpholine rings is 1. The predicted molar refractivity (Wildman–Crippen MR) is 120 cm³/mol. The highest BCUT2D eigenvalue weighted by molar-refractivity contribution is 7.89. The molecule has 0 bridgehead atoms. The summed E-state index contributed by atoms with van der Waals surface area (Å²) in [5.41, 5.74) is 0.703. The number of nitriles is 1. The first-order chi connectivity index (χ1) is 15.6. The Hall–Kier alpha value is -3.26. The van der Waals surface area contributed by atoms with Crippen molar-refractivity contribution in [2.75, 3.05) is 18.4 Å². The molecular formula is C23H25N3O6S. The Morgan fingerprint density at radius 3 is 2.33 bits per heavy atom. The molecule has 1 saturated heterocycles. The quantitative estimate of drug-likeness (QED) is 0.642. The number of anilines is 1. The fraction of sp³-hybridized carbons (Fsp3) is 0.348. The van der Waals surface area contributed by atoms with Crippen molar-refractivity contribution in [3.05, 3.63) is 59.7 Å². The number of hydrogen-bond donors (Lipinski definition) is 1. The SMILES string of the molecule is CC1CN(S(=O)(=O)c2ccc(C(=O)OC(C)C(=O)Nc3ccccc3C#N)cc2)CC(C)O1. The number of hydrogen-bond acceptors (Lipinski definition) is 7. The summed E-state index contributed by atoms with van der Waals surface area (Å²) < 4.78 is 38.0. The van der Waals surface area contributed by atoms with E-state index in [-0.39, 0.29) is 41.3 Å². The van der Waals surface area contributed by atoms with E-state index in [0.29, 0.717) is 5.69 Å². The summed E-state index contributed by atoms with van der Waals surface area (Å²) in [7, 11) is -3.74. The van der Waals surface area contributed by atoms with Gasteiger partial charge in [0.15, 0.2) is 6.10 Å². The average Bonchev–Trinajstić information content (AvgIpc) is 2.78. The summed E-state index contributed by atoms with van der Waals surface area (Å²) in [6, 6.07) is 13.8. The van der Waals surface area contributed by atoms with E-state index in [1.807, 2.05) is 19.9 Å². The molecule has 1 aliphatic heterocycles. The van der Waals surface area contributed by atoms with Crippen LogP contribution >= 0.6 is 0 Å². The third kappa shape index (κ3) is 5.76. The summed E-state index contributed by atoms with van der Waals surface area (Å²) in [4.78, 5) is 24.9. The zero-order chi connectivity index (χ0) is 24.2. The summed E-state index contributed by atoms with van der Waals surface area (Å²) in [5, 5.41) is 11.7. The Bertz CT molecular complexity index is 1160. The molecule has 1 aliphatic rings. The maximum atomic E-state index is 12.9. The Morgan fingerprint density at radius 2 is 1.73 bits per heavy atom. The van der Waals surface area contributed by atoms with E-state index in [0.717, 1.165) is 0 Å². The monoisotopic (exact) mass is 471 g/mol. The highest BCUT2D eigenvalue weighted by Crippen LogP contribution is 2.22. The largest absolute Gasteiger partial charge is 0.449 e. The highest BCUT2D eigenvalue weighted by Gasteiger charge is 2.32. The second-order valence-corrected chi connectivity index (χ2v) is 9.74. The Balaban J connectivity index is 1.65. The standard InChI is InChI=1S/C23H25N3O6S/c1-15-13-26(14-16(2)31-15)33(29,30)20-10-8-18(9-11-20)23(28)32-17(3)22(27)25-21-7-5-4-6-19(21)12-24/h4-11,15-17H,13-14H2,1-3H3,(H,25,27). The van der Waals surface area contributed by atoms with Gasteiger partial charge in [-0.3, -0.25) is 4.79 Å². The molecule has 3 rings (SSSR count). The number of esters is 1. The van der Waals surface area contributed by atoms with Crippen LogP contribution in [0.3, 0.4) is 0 Å². The lowest BCUT2D eigenvalue weighted by molar-refractivity contribution is -0.123. The molecule has 3 unspecified atom stereocenters. The zero-order valence-electron chi connectivity index (χ0n) is 18.5. The Kier molecular flexibility index (Phi) is 7.48. The average molecular weight is 472 g/mol. The minimum absolute atomic E-state index is 0.0549. The molecule has 2 aromatic rings. The van der Waals surface area contributed by atoms with E-state index in [1.165, 1.54) is 35.5 Å². The minimum atomic E-state index is -3.74. The van der Waals surface area contributed by atoms with Crippen LogP contribution in [0.15, 0.2) is 53.4 Å². The Labute approximate surface area is 193 Å². The van der Waals surface area contributed by atoms with Crippen LogP contribution in [0.2, 0.25) is 0 Å². The molecule has 0 aromatic heterocycles. The smallest absolute Gasteiger partial charge is 0.338 e. The lowest BCUT2D eigenvalue weighted by Crippen LogP contribution is -2.48. The number of amides is 1. The fourth-order valence-corrected chi connectivity index (χ4v) is 5.04. The van der Waals surface area contributed by atoms with Gasteiger partial charge < -0.3 is 14.8 Å². The normalized spacial score (nSPS) is 19.8. The number of sulfonamides is 1. The van der Waals surface area contributed by atoms with Gasteiger partial charge in [0.2, 0.25) is 10.0 Å². The highest BCUT2D eigenvalue weighted by atomic mass is 32.2. The van der Waals surface area contributed by atoms with Gasteiger partial charge >= 0.3 is 5.97 Å². The van der Waals surface area contributed by atoms with Crippen molar-refractivity contribution in [1.29, 1.82) is 5.26 Å². The van der Waals surface area contributed by atoms with E-state index < -0.39 is 28.0 Å².